The summed E-state index contributed by atoms with van der Waals surface area (Å²) < 4.78 is 11.1. The average molecular weight is 406 g/mol. The van der Waals surface area contributed by atoms with Gasteiger partial charge in [0.05, 0.1) is 19.7 Å². The number of carbonyl (C=O) groups excluding carboxylic acids is 1. The maximum absolute atomic E-state index is 10.9. The van der Waals surface area contributed by atoms with Crippen LogP contribution in [0.3, 0.4) is 0 Å². The summed E-state index contributed by atoms with van der Waals surface area (Å²) in [5, 5.41) is 4.29. The zero-order chi connectivity index (χ0) is 21.3. The van der Waals surface area contributed by atoms with Crippen molar-refractivity contribution in [2.75, 3.05) is 32.6 Å². The molecule has 0 spiro atoms. The predicted molar refractivity (Wildman–Crippen MR) is 117 cm³/mol. The summed E-state index contributed by atoms with van der Waals surface area (Å²) in [4.78, 5) is 21.8. The Morgan fingerprint density at radius 3 is 2.50 bits per heavy atom. The maximum atomic E-state index is 10.9. The Hall–Kier alpha value is -3.35. The van der Waals surface area contributed by atoms with Gasteiger partial charge in [-0.05, 0) is 54.7 Å². The van der Waals surface area contributed by atoms with Gasteiger partial charge < -0.3 is 19.7 Å². The van der Waals surface area contributed by atoms with Crippen molar-refractivity contribution in [1.82, 2.24) is 14.9 Å². The molecular formula is C23H26N4O3. The predicted octanol–water partition coefficient (Wildman–Crippen LogP) is 3.57. The van der Waals surface area contributed by atoms with Crippen LogP contribution in [0, 0.1) is 13.8 Å². The molecule has 2 aromatic carbocycles. The Kier molecular flexibility index (Phi) is 5.44. The highest BCUT2D eigenvalue weighted by atomic mass is 16.5. The molecule has 1 aliphatic rings. The molecule has 1 fully saturated rings. The summed E-state index contributed by atoms with van der Waals surface area (Å²) in [6.45, 7) is 5.55. The fourth-order valence-corrected chi connectivity index (χ4v) is 4.16. The van der Waals surface area contributed by atoms with Gasteiger partial charge in [-0.2, -0.15) is 0 Å². The van der Waals surface area contributed by atoms with Crippen molar-refractivity contribution < 1.29 is 14.3 Å². The summed E-state index contributed by atoms with van der Waals surface area (Å²) in [5.41, 5.74) is 5.16. The lowest BCUT2D eigenvalue weighted by Crippen LogP contribution is -2.25. The third-order valence-electron chi connectivity index (χ3n) is 5.76. The number of likely N-dealkylation sites (tertiary alicyclic amines) is 1. The van der Waals surface area contributed by atoms with E-state index in [9.17, 15) is 4.79 Å². The summed E-state index contributed by atoms with van der Waals surface area (Å²) >= 11 is 0. The van der Waals surface area contributed by atoms with Crippen molar-refractivity contribution in [3.63, 3.8) is 0 Å². The second-order valence-corrected chi connectivity index (χ2v) is 7.60. The molecule has 3 aromatic rings. The molecule has 156 valence electrons. The highest BCUT2D eigenvalue weighted by molar-refractivity contribution is 5.87. The largest absolute Gasteiger partial charge is 0.496 e. The highest BCUT2D eigenvalue weighted by Gasteiger charge is 2.22. The van der Waals surface area contributed by atoms with E-state index in [0.717, 1.165) is 64.0 Å². The molecular weight excluding hydrogens is 380 g/mol. The van der Waals surface area contributed by atoms with Crippen molar-refractivity contribution >= 4 is 23.3 Å². The van der Waals surface area contributed by atoms with Gasteiger partial charge in [0.2, 0.25) is 12.4 Å². The van der Waals surface area contributed by atoms with Crippen molar-refractivity contribution in [1.29, 1.82) is 0 Å². The van der Waals surface area contributed by atoms with Gasteiger partial charge in [-0.1, -0.05) is 6.07 Å². The van der Waals surface area contributed by atoms with Crippen molar-refractivity contribution in [2.24, 2.45) is 0 Å². The minimum absolute atomic E-state index is 0.182. The molecule has 1 aliphatic heterocycles. The number of hydrogen-bond acceptors (Lipinski definition) is 6. The van der Waals surface area contributed by atoms with Crippen molar-refractivity contribution in [3.8, 4) is 22.6 Å². The highest BCUT2D eigenvalue weighted by Crippen LogP contribution is 2.39. The van der Waals surface area contributed by atoms with Crippen LogP contribution in [0.1, 0.15) is 17.5 Å². The normalized spacial score (nSPS) is 16.0. The van der Waals surface area contributed by atoms with Gasteiger partial charge in [-0.15, -0.1) is 0 Å². The molecule has 2 heterocycles. The first-order valence-electron chi connectivity index (χ1n) is 9.99. The van der Waals surface area contributed by atoms with Gasteiger partial charge >= 0.3 is 0 Å². The van der Waals surface area contributed by atoms with Crippen LogP contribution in [0.25, 0.3) is 22.0 Å². The Bertz CT molecular complexity index is 1070. The van der Waals surface area contributed by atoms with Gasteiger partial charge in [-0.3, -0.25) is 4.79 Å². The van der Waals surface area contributed by atoms with E-state index in [0.29, 0.717) is 12.5 Å². The third-order valence-corrected chi connectivity index (χ3v) is 5.76. The molecule has 1 N–H and O–H groups in total. The number of anilines is 1. The number of ether oxygens (including phenoxy) is 2. The van der Waals surface area contributed by atoms with Crippen LogP contribution in [-0.2, 0) is 4.79 Å². The van der Waals surface area contributed by atoms with E-state index in [2.05, 4.69) is 41.3 Å². The van der Waals surface area contributed by atoms with Gasteiger partial charge in [0, 0.05) is 36.8 Å². The molecule has 1 amide bonds. The zero-order valence-electron chi connectivity index (χ0n) is 17.7. The Labute approximate surface area is 176 Å². The second kappa shape index (κ2) is 8.18. The number of benzene rings is 2. The van der Waals surface area contributed by atoms with E-state index < -0.39 is 0 Å². The van der Waals surface area contributed by atoms with E-state index in [1.54, 1.807) is 19.1 Å². The minimum atomic E-state index is 0.182. The fraction of sp³-hybridized carbons (Fsp3) is 0.348. The number of methoxy groups -OCH3 is 2. The molecule has 1 unspecified atom stereocenters. The van der Waals surface area contributed by atoms with Crippen LogP contribution < -0.4 is 14.8 Å². The molecule has 30 heavy (non-hydrogen) atoms. The standard InChI is InChI=1S/C23H26N4O3/c1-14-20(29-3)10-21(30-4)15(2)22(14)16-5-6-19-17(9-16)11-24-23(26-19)25-18-7-8-27(12-18)13-28/h5-6,9-11,13,18H,7-8,12H2,1-4H3,(H,24,25,26). The van der Waals surface area contributed by atoms with E-state index in [1.165, 1.54) is 0 Å². The molecule has 7 nitrogen and oxygen atoms in total. The summed E-state index contributed by atoms with van der Waals surface area (Å²) in [6.07, 6.45) is 3.62. The van der Waals surface area contributed by atoms with Crippen LogP contribution in [0.2, 0.25) is 0 Å². The van der Waals surface area contributed by atoms with E-state index in [4.69, 9.17) is 9.47 Å². The van der Waals surface area contributed by atoms with Crippen LogP contribution >= 0.6 is 0 Å². The first-order valence-corrected chi connectivity index (χ1v) is 9.99. The van der Waals surface area contributed by atoms with Crippen molar-refractivity contribution in [2.45, 2.75) is 26.3 Å². The molecule has 4 rings (SSSR count). The van der Waals surface area contributed by atoms with Gasteiger partial charge in [-0.25, -0.2) is 9.97 Å². The minimum Gasteiger partial charge on any atom is -0.496 e. The molecule has 7 heteroatoms. The third kappa shape index (κ3) is 3.63. The number of nitrogens with zero attached hydrogens (tertiary/aromatic N) is 3. The Morgan fingerprint density at radius 1 is 1.13 bits per heavy atom. The fourth-order valence-electron chi connectivity index (χ4n) is 4.16. The SMILES string of the molecule is COc1cc(OC)c(C)c(-c2ccc3nc(NC4CCN(C=O)C4)ncc3c2)c1C. The number of carbonyl (C=O) groups is 1. The van der Waals surface area contributed by atoms with E-state index in [1.807, 2.05) is 18.3 Å². The first-order chi connectivity index (χ1) is 14.5. The number of hydrogen-bond donors (Lipinski definition) is 1. The number of rotatable bonds is 6. The molecule has 1 saturated heterocycles. The lowest BCUT2D eigenvalue weighted by molar-refractivity contribution is -0.117. The van der Waals surface area contributed by atoms with Crippen LogP contribution in [-0.4, -0.2) is 54.6 Å². The smallest absolute Gasteiger partial charge is 0.223 e. The summed E-state index contributed by atoms with van der Waals surface area (Å²) in [5.74, 6) is 2.18. The molecule has 0 saturated carbocycles. The average Bonchev–Trinajstić information content (AvgIpc) is 3.21. The summed E-state index contributed by atoms with van der Waals surface area (Å²) in [7, 11) is 3.34. The van der Waals surface area contributed by atoms with Crippen LogP contribution in [0.5, 0.6) is 11.5 Å². The number of aromatic nitrogens is 2. The summed E-state index contributed by atoms with van der Waals surface area (Å²) in [6, 6.07) is 8.27. The molecule has 0 radical (unpaired) electrons. The first kappa shape index (κ1) is 19.9. The van der Waals surface area contributed by atoms with E-state index in [-0.39, 0.29) is 6.04 Å². The number of amides is 1. The molecule has 1 aromatic heterocycles. The van der Waals surface area contributed by atoms with Crippen molar-refractivity contribution in [3.05, 3.63) is 41.6 Å². The van der Waals surface area contributed by atoms with Gasteiger partial charge in [0.25, 0.3) is 0 Å². The quantitative estimate of drug-likeness (QED) is 0.631. The topological polar surface area (TPSA) is 76.6 Å². The molecule has 0 bridgehead atoms. The number of fused-ring (bicyclic) bond motifs is 1. The van der Waals surface area contributed by atoms with Gasteiger partial charge in [0.1, 0.15) is 11.5 Å². The van der Waals surface area contributed by atoms with Crippen LogP contribution in [0.4, 0.5) is 5.95 Å². The molecule has 0 aliphatic carbocycles. The van der Waals surface area contributed by atoms with Gasteiger partial charge in [0.15, 0.2) is 0 Å². The Morgan fingerprint density at radius 2 is 1.87 bits per heavy atom. The van der Waals surface area contributed by atoms with E-state index >= 15 is 0 Å². The van der Waals surface area contributed by atoms with Crippen LogP contribution in [0.15, 0.2) is 30.5 Å². The Balaban J connectivity index is 1.67. The monoisotopic (exact) mass is 406 g/mol. The number of nitrogens with one attached hydrogen (secondary N) is 1. The molecule has 1 atom stereocenters. The second-order valence-electron chi connectivity index (χ2n) is 7.60. The zero-order valence-corrected chi connectivity index (χ0v) is 17.7. The lowest BCUT2D eigenvalue weighted by atomic mass is 9.93. The maximum Gasteiger partial charge on any atom is 0.223 e. The lowest BCUT2D eigenvalue weighted by Gasteiger charge is -2.18.